The zero-order valence-corrected chi connectivity index (χ0v) is 19.6. The van der Waals surface area contributed by atoms with Crippen molar-refractivity contribution < 1.29 is 13.2 Å². The van der Waals surface area contributed by atoms with Gasteiger partial charge in [0, 0.05) is 35.1 Å². The van der Waals surface area contributed by atoms with Crippen LogP contribution in [0.1, 0.15) is 17.0 Å². The molecule has 0 N–H and O–H groups in total. The van der Waals surface area contributed by atoms with Crippen LogP contribution >= 0.6 is 0 Å². The van der Waals surface area contributed by atoms with Crippen LogP contribution < -0.4 is 0 Å². The van der Waals surface area contributed by atoms with E-state index in [2.05, 4.69) is 60.2 Å². The summed E-state index contributed by atoms with van der Waals surface area (Å²) in [6, 6.07) is 22.7. The van der Waals surface area contributed by atoms with Crippen LogP contribution in [0.3, 0.4) is 0 Å². The number of hydrogen-bond acceptors (Lipinski definition) is 3. The van der Waals surface area contributed by atoms with Crippen molar-refractivity contribution in [1.82, 2.24) is 15.0 Å². The van der Waals surface area contributed by atoms with Crippen LogP contribution in [0.15, 0.2) is 85.3 Å². The number of aryl methyl sites for hydroxylation is 2. The molecule has 0 aliphatic carbocycles. The molecule has 4 aromatic carbocycles. The lowest BCUT2D eigenvalue weighted by Crippen LogP contribution is -2.10. The van der Waals surface area contributed by atoms with Crippen molar-refractivity contribution >= 4 is 32.3 Å². The molecule has 176 valence electrons. The zero-order valence-electron chi connectivity index (χ0n) is 19.6. The van der Waals surface area contributed by atoms with Crippen molar-refractivity contribution in [3.8, 4) is 22.4 Å². The molecule has 6 heteroatoms. The lowest BCUT2D eigenvalue weighted by atomic mass is 9.93. The normalized spacial score (nSPS) is 12.0. The zero-order chi connectivity index (χ0) is 25.0. The summed E-state index contributed by atoms with van der Waals surface area (Å²) < 4.78 is 38.5. The molecule has 0 aliphatic rings. The summed E-state index contributed by atoms with van der Waals surface area (Å²) in [6.45, 7) is 4.18. The summed E-state index contributed by atoms with van der Waals surface area (Å²) >= 11 is 0. The maximum atomic E-state index is 12.8. The van der Waals surface area contributed by atoms with E-state index in [1.165, 1.54) is 23.5 Å². The maximum Gasteiger partial charge on any atom is 0.451 e. The fourth-order valence-electron chi connectivity index (χ4n) is 4.96. The number of pyridine rings is 1. The van der Waals surface area contributed by atoms with E-state index in [4.69, 9.17) is 4.98 Å². The SMILES string of the molecule is Cc1cc(C)cc(-c2nccc3c2ccc2c4ccc(-c5cnc(C(F)(F)F)nc5)cc4ccc32)c1. The topological polar surface area (TPSA) is 38.7 Å². The second kappa shape index (κ2) is 8.12. The Balaban J connectivity index is 1.48. The van der Waals surface area contributed by atoms with E-state index in [1.54, 1.807) is 0 Å². The van der Waals surface area contributed by atoms with Gasteiger partial charge in [-0.3, -0.25) is 4.98 Å². The minimum absolute atomic E-state index is 0.535. The summed E-state index contributed by atoms with van der Waals surface area (Å²) in [5, 5.41) is 6.50. The number of fused-ring (bicyclic) bond motifs is 5. The third-order valence-electron chi connectivity index (χ3n) is 6.49. The molecule has 3 nitrogen and oxygen atoms in total. The summed E-state index contributed by atoms with van der Waals surface area (Å²) in [6.07, 6.45) is -0.274. The van der Waals surface area contributed by atoms with Gasteiger partial charge in [0.25, 0.3) is 0 Å². The van der Waals surface area contributed by atoms with Crippen molar-refractivity contribution in [3.05, 3.63) is 102 Å². The quantitative estimate of drug-likeness (QED) is 0.235. The predicted octanol–water partition coefficient (Wildman–Crippen LogP) is 8.30. The van der Waals surface area contributed by atoms with Crippen LogP contribution in [0.25, 0.3) is 54.7 Å². The molecule has 6 aromatic rings. The van der Waals surface area contributed by atoms with E-state index in [0.717, 1.165) is 49.1 Å². The highest BCUT2D eigenvalue weighted by atomic mass is 19.4. The van der Waals surface area contributed by atoms with Gasteiger partial charge in [0.2, 0.25) is 5.82 Å². The van der Waals surface area contributed by atoms with Gasteiger partial charge in [-0.15, -0.1) is 0 Å². The minimum atomic E-state index is -4.56. The summed E-state index contributed by atoms with van der Waals surface area (Å²) in [7, 11) is 0. The largest absolute Gasteiger partial charge is 0.451 e. The van der Waals surface area contributed by atoms with Gasteiger partial charge in [0.05, 0.1) is 5.69 Å². The Morgan fingerprint density at radius 2 is 1.17 bits per heavy atom. The molecule has 0 amide bonds. The first-order valence-corrected chi connectivity index (χ1v) is 11.5. The molecule has 0 fully saturated rings. The lowest BCUT2D eigenvalue weighted by molar-refractivity contribution is -0.144. The van der Waals surface area contributed by atoms with Crippen LogP contribution in [0.4, 0.5) is 13.2 Å². The first-order valence-electron chi connectivity index (χ1n) is 11.5. The van der Waals surface area contributed by atoms with Crippen LogP contribution in [-0.4, -0.2) is 15.0 Å². The van der Waals surface area contributed by atoms with E-state index in [-0.39, 0.29) is 0 Å². The second-order valence-electron chi connectivity index (χ2n) is 9.09. The molecule has 0 atom stereocenters. The average Bonchev–Trinajstić information content (AvgIpc) is 2.86. The van der Waals surface area contributed by atoms with E-state index >= 15 is 0 Å². The molecule has 0 spiro atoms. The number of halogens is 3. The number of rotatable bonds is 2. The molecule has 0 unspecified atom stereocenters. The molecule has 0 saturated carbocycles. The van der Waals surface area contributed by atoms with Crippen molar-refractivity contribution in [3.63, 3.8) is 0 Å². The van der Waals surface area contributed by atoms with E-state index in [1.807, 2.05) is 36.5 Å². The molecule has 2 heterocycles. The first-order chi connectivity index (χ1) is 17.3. The standard InChI is InChI=1S/C30H20F3N3/c1-17-11-18(2)13-21(12-17)28-27-8-7-24-23-5-3-19(22-15-35-29(36-16-22)30(31,32)33)14-20(23)4-6-25(24)26(27)9-10-34-28/h3-16H,1-2H3. The Bertz CT molecular complexity index is 1770. The number of hydrogen-bond donors (Lipinski definition) is 0. The summed E-state index contributed by atoms with van der Waals surface area (Å²) in [5.41, 5.74) is 5.75. The van der Waals surface area contributed by atoms with Crippen LogP contribution in [0.2, 0.25) is 0 Å². The third-order valence-corrected chi connectivity index (χ3v) is 6.49. The Labute approximate surface area is 205 Å². The lowest BCUT2D eigenvalue weighted by Gasteiger charge is -2.12. The number of alkyl halides is 3. The first kappa shape index (κ1) is 22.2. The van der Waals surface area contributed by atoms with E-state index in [0.29, 0.717) is 5.56 Å². The molecule has 36 heavy (non-hydrogen) atoms. The highest BCUT2D eigenvalue weighted by molar-refractivity contribution is 6.19. The number of aromatic nitrogens is 3. The summed E-state index contributed by atoms with van der Waals surface area (Å²) in [4.78, 5) is 11.7. The summed E-state index contributed by atoms with van der Waals surface area (Å²) in [5.74, 6) is -1.14. The Morgan fingerprint density at radius 3 is 1.89 bits per heavy atom. The fourth-order valence-corrected chi connectivity index (χ4v) is 4.96. The minimum Gasteiger partial charge on any atom is -0.256 e. The van der Waals surface area contributed by atoms with E-state index in [9.17, 15) is 13.2 Å². The van der Waals surface area contributed by atoms with Crippen molar-refractivity contribution in [1.29, 1.82) is 0 Å². The van der Waals surface area contributed by atoms with Gasteiger partial charge in [-0.25, -0.2) is 9.97 Å². The Hall–Kier alpha value is -4.32. The predicted molar refractivity (Wildman–Crippen MR) is 138 cm³/mol. The van der Waals surface area contributed by atoms with Gasteiger partial charge in [0.15, 0.2) is 0 Å². The smallest absolute Gasteiger partial charge is 0.256 e. The molecule has 2 aromatic heterocycles. The maximum absolute atomic E-state index is 12.8. The molecule has 0 saturated heterocycles. The molecule has 0 radical (unpaired) electrons. The Morgan fingerprint density at radius 1 is 0.556 bits per heavy atom. The Kier molecular flexibility index (Phi) is 5.00. The van der Waals surface area contributed by atoms with Gasteiger partial charge < -0.3 is 0 Å². The third kappa shape index (κ3) is 3.75. The van der Waals surface area contributed by atoms with Crippen LogP contribution in [0, 0.1) is 13.8 Å². The van der Waals surface area contributed by atoms with Gasteiger partial charge in [-0.05, 0) is 70.6 Å². The van der Waals surface area contributed by atoms with Gasteiger partial charge in [-0.2, -0.15) is 13.2 Å². The number of benzene rings is 4. The highest BCUT2D eigenvalue weighted by Gasteiger charge is 2.34. The molecular weight excluding hydrogens is 459 g/mol. The monoisotopic (exact) mass is 479 g/mol. The highest BCUT2D eigenvalue weighted by Crippen LogP contribution is 2.36. The molecule has 0 aliphatic heterocycles. The van der Waals surface area contributed by atoms with E-state index < -0.39 is 12.0 Å². The van der Waals surface area contributed by atoms with Gasteiger partial charge in [0.1, 0.15) is 0 Å². The van der Waals surface area contributed by atoms with Crippen molar-refractivity contribution in [2.24, 2.45) is 0 Å². The van der Waals surface area contributed by atoms with Gasteiger partial charge >= 0.3 is 6.18 Å². The van der Waals surface area contributed by atoms with Crippen LogP contribution in [-0.2, 0) is 6.18 Å². The van der Waals surface area contributed by atoms with Crippen LogP contribution in [0.5, 0.6) is 0 Å². The second-order valence-corrected chi connectivity index (χ2v) is 9.09. The van der Waals surface area contributed by atoms with Crippen molar-refractivity contribution in [2.45, 2.75) is 20.0 Å². The number of nitrogens with zero attached hydrogens (tertiary/aromatic N) is 3. The molecular formula is C30H20F3N3. The van der Waals surface area contributed by atoms with Crippen molar-refractivity contribution in [2.75, 3.05) is 0 Å². The fraction of sp³-hybridized carbons (Fsp3) is 0.100. The molecule has 6 rings (SSSR count). The van der Waals surface area contributed by atoms with Gasteiger partial charge in [-0.1, -0.05) is 53.6 Å². The molecule has 0 bridgehead atoms. The average molecular weight is 480 g/mol.